The number of likely N-dealkylation sites (N-methyl/N-ethyl adjacent to an activating group) is 1. The van der Waals surface area contributed by atoms with Gasteiger partial charge in [-0.05, 0) is 36.8 Å². The molecule has 0 atom stereocenters. The average molecular weight is 345 g/mol. The normalized spacial score (nSPS) is 11.2. The van der Waals surface area contributed by atoms with Crippen molar-refractivity contribution >= 4 is 5.96 Å². The maximum absolute atomic E-state index is 13.4. The van der Waals surface area contributed by atoms with E-state index in [4.69, 9.17) is 4.74 Å². The first kappa shape index (κ1) is 18.6. The summed E-state index contributed by atoms with van der Waals surface area (Å²) in [5.41, 5.74) is 0.694. The molecule has 2 N–H and O–H groups in total. The second-order valence-corrected chi connectivity index (χ2v) is 5.54. The number of aromatic hydroxyl groups is 1. The zero-order valence-electron chi connectivity index (χ0n) is 14.6. The van der Waals surface area contributed by atoms with E-state index < -0.39 is 5.82 Å². The van der Waals surface area contributed by atoms with E-state index in [0.29, 0.717) is 31.2 Å². The first-order valence-corrected chi connectivity index (χ1v) is 8.25. The van der Waals surface area contributed by atoms with Crippen molar-refractivity contribution in [2.45, 2.75) is 13.5 Å². The number of nitrogens with one attached hydrogen (secondary N) is 1. The Morgan fingerprint density at radius 2 is 2.00 bits per heavy atom. The molecule has 0 amide bonds. The van der Waals surface area contributed by atoms with Crippen molar-refractivity contribution in [3.63, 3.8) is 0 Å². The highest BCUT2D eigenvalue weighted by Crippen LogP contribution is 2.16. The van der Waals surface area contributed by atoms with Gasteiger partial charge in [-0.25, -0.2) is 9.38 Å². The fourth-order valence-electron chi connectivity index (χ4n) is 2.21. The van der Waals surface area contributed by atoms with Crippen molar-refractivity contribution in [1.82, 2.24) is 10.2 Å². The molecule has 0 unspecified atom stereocenters. The molecule has 134 valence electrons. The van der Waals surface area contributed by atoms with E-state index in [1.807, 2.05) is 49.2 Å². The number of para-hydroxylation sites is 1. The van der Waals surface area contributed by atoms with Crippen LogP contribution in [-0.4, -0.2) is 42.7 Å². The minimum absolute atomic E-state index is 0.323. The van der Waals surface area contributed by atoms with Crippen molar-refractivity contribution in [1.29, 1.82) is 0 Å². The highest BCUT2D eigenvalue weighted by atomic mass is 19.1. The van der Waals surface area contributed by atoms with Crippen LogP contribution in [0.2, 0.25) is 0 Å². The Balaban J connectivity index is 1.91. The number of nitrogens with zero attached hydrogens (tertiary/aromatic N) is 2. The standard InChI is InChI=1S/C19H24FN3O2/c1-3-21-19(22-14-15-9-10-18(24)17(20)13-15)23(2)11-12-25-16-7-5-4-6-8-16/h4-10,13,24H,3,11-12,14H2,1-2H3,(H,21,22). The lowest BCUT2D eigenvalue weighted by Gasteiger charge is -2.22. The number of phenolic OH excluding ortho intramolecular Hbond substituents is 1. The Morgan fingerprint density at radius 3 is 2.68 bits per heavy atom. The summed E-state index contributed by atoms with van der Waals surface area (Å²) in [4.78, 5) is 6.47. The van der Waals surface area contributed by atoms with Crippen molar-refractivity contribution in [2.24, 2.45) is 4.99 Å². The van der Waals surface area contributed by atoms with Gasteiger partial charge in [-0.1, -0.05) is 24.3 Å². The molecule has 2 rings (SSSR count). The maximum atomic E-state index is 13.4. The van der Waals surface area contributed by atoms with E-state index in [1.165, 1.54) is 12.1 Å². The third kappa shape index (κ3) is 5.99. The van der Waals surface area contributed by atoms with E-state index >= 15 is 0 Å². The molecule has 5 nitrogen and oxygen atoms in total. The van der Waals surface area contributed by atoms with Crippen LogP contribution >= 0.6 is 0 Å². The van der Waals surface area contributed by atoms with E-state index in [1.54, 1.807) is 6.07 Å². The number of ether oxygens (including phenoxy) is 1. The van der Waals surface area contributed by atoms with Crippen LogP contribution in [0.25, 0.3) is 0 Å². The quantitative estimate of drug-likeness (QED) is 0.598. The Morgan fingerprint density at radius 1 is 1.24 bits per heavy atom. The summed E-state index contributed by atoms with van der Waals surface area (Å²) in [5.74, 6) is 0.558. The van der Waals surface area contributed by atoms with Crippen molar-refractivity contribution < 1.29 is 14.2 Å². The smallest absolute Gasteiger partial charge is 0.194 e. The highest BCUT2D eigenvalue weighted by molar-refractivity contribution is 5.79. The number of hydrogen-bond donors (Lipinski definition) is 2. The molecule has 6 heteroatoms. The van der Waals surface area contributed by atoms with Crippen LogP contribution in [0, 0.1) is 5.82 Å². The number of phenols is 1. The lowest BCUT2D eigenvalue weighted by molar-refractivity contribution is 0.281. The second-order valence-electron chi connectivity index (χ2n) is 5.54. The van der Waals surface area contributed by atoms with Crippen LogP contribution in [0.15, 0.2) is 53.5 Å². The molecule has 2 aromatic carbocycles. The summed E-state index contributed by atoms with van der Waals surface area (Å²) in [7, 11) is 1.92. The predicted molar refractivity (Wildman–Crippen MR) is 97.4 cm³/mol. The van der Waals surface area contributed by atoms with Crippen LogP contribution in [0.1, 0.15) is 12.5 Å². The Kier molecular flexibility index (Phi) is 7.07. The van der Waals surface area contributed by atoms with E-state index in [2.05, 4.69) is 10.3 Å². The third-order valence-corrected chi connectivity index (χ3v) is 3.56. The SMILES string of the molecule is CCNC(=NCc1ccc(O)c(F)c1)N(C)CCOc1ccccc1. The van der Waals surface area contributed by atoms with Gasteiger partial charge in [0.1, 0.15) is 12.4 Å². The summed E-state index contributed by atoms with van der Waals surface area (Å²) >= 11 is 0. The van der Waals surface area contributed by atoms with Gasteiger partial charge in [-0.15, -0.1) is 0 Å². The molecule has 0 spiro atoms. The minimum atomic E-state index is -0.637. The van der Waals surface area contributed by atoms with E-state index in [-0.39, 0.29) is 5.75 Å². The average Bonchev–Trinajstić information content (AvgIpc) is 2.62. The van der Waals surface area contributed by atoms with Crippen LogP contribution in [-0.2, 0) is 6.54 Å². The summed E-state index contributed by atoms with van der Waals surface area (Å²) in [6.07, 6.45) is 0. The van der Waals surface area contributed by atoms with Crippen LogP contribution in [0.5, 0.6) is 11.5 Å². The molecule has 0 radical (unpaired) electrons. The Labute approximate surface area is 147 Å². The predicted octanol–water partition coefficient (Wildman–Crippen LogP) is 3.01. The molecule has 0 saturated heterocycles. The van der Waals surface area contributed by atoms with Gasteiger partial charge in [-0.2, -0.15) is 0 Å². The van der Waals surface area contributed by atoms with Crippen LogP contribution < -0.4 is 10.1 Å². The second kappa shape index (κ2) is 9.52. The lowest BCUT2D eigenvalue weighted by Crippen LogP contribution is -2.40. The Hall–Kier alpha value is -2.76. The molecule has 0 bridgehead atoms. The molecular weight excluding hydrogens is 321 g/mol. The molecule has 0 fully saturated rings. The molecule has 0 heterocycles. The maximum Gasteiger partial charge on any atom is 0.194 e. The molecular formula is C19H24FN3O2. The topological polar surface area (TPSA) is 57.1 Å². The number of hydrogen-bond acceptors (Lipinski definition) is 3. The molecule has 0 aromatic heterocycles. The summed E-state index contributed by atoms with van der Waals surface area (Å²) < 4.78 is 19.1. The monoisotopic (exact) mass is 345 g/mol. The van der Waals surface area contributed by atoms with Crippen molar-refractivity contribution in [3.05, 3.63) is 59.9 Å². The molecule has 25 heavy (non-hydrogen) atoms. The lowest BCUT2D eigenvalue weighted by atomic mass is 10.2. The number of aliphatic imine (C=N–C) groups is 1. The molecule has 0 aliphatic heterocycles. The van der Waals surface area contributed by atoms with Gasteiger partial charge in [0.05, 0.1) is 13.1 Å². The van der Waals surface area contributed by atoms with Gasteiger partial charge in [0, 0.05) is 13.6 Å². The minimum Gasteiger partial charge on any atom is -0.505 e. The van der Waals surface area contributed by atoms with Gasteiger partial charge in [-0.3, -0.25) is 0 Å². The summed E-state index contributed by atoms with van der Waals surface area (Å²) in [6.45, 7) is 4.23. The van der Waals surface area contributed by atoms with Crippen molar-refractivity contribution in [3.8, 4) is 11.5 Å². The molecule has 0 aliphatic carbocycles. The summed E-state index contributed by atoms with van der Waals surface area (Å²) in [6, 6.07) is 13.9. The van der Waals surface area contributed by atoms with Gasteiger partial charge >= 0.3 is 0 Å². The third-order valence-electron chi connectivity index (χ3n) is 3.56. The zero-order valence-corrected chi connectivity index (χ0v) is 14.6. The Bertz CT molecular complexity index is 692. The van der Waals surface area contributed by atoms with E-state index in [9.17, 15) is 9.50 Å². The first-order valence-electron chi connectivity index (χ1n) is 8.25. The number of guanidine groups is 1. The summed E-state index contributed by atoms with van der Waals surface area (Å²) in [5, 5.41) is 12.4. The molecule has 0 aliphatic rings. The highest BCUT2D eigenvalue weighted by Gasteiger charge is 2.07. The fourth-order valence-corrected chi connectivity index (χ4v) is 2.21. The fraction of sp³-hybridized carbons (Fsp3) is 0.316. The molecule has 2 aromatic rings. The number of halogens is 1. The number of benzene rings is 2. The van der Waals surface area contributed by atoms with Gasteiger partial charge < -0.3 is 20.1 Å². The van der Waals surface area contributed by atoms with Gasteiger partial charge in [0.15, 0.2) is 17.5 Å². The first-order chi connectivity index (χ1) is 12.1. The number of rotatable bonds is 7. The van der Waals surface area contributed by atoms with Crippen LogP contribution in [0.3, 0.4) is 0 Å². The van der Waals surface area contributed by atoms with E-state index in [0.717, 1.165) is 12.3 Å². The van der Waals surface area contributed by atoms with Crippen molar-refractivity contribution in [2.75, 3.05) is 26.7 Å². The van der Waals surface area contributed by atoms with Gasteiger partial charge in [0.25, 0.3) is 0 Å². The largest absolute Gasteiger partial charge is 0.505 e. The molecule has 0 saturated carbocycles. The zero-order chi connectivity index (χ0) is 18.1. The van der Waals surface area contributed by atoms with Crippen LogP contribution in [0.4, 0.5) is 4.39 Å². The van der Waals surface area contributed by atoms with Gasteiger partial charge in [0.2, 0.25) is 0 Å².